The monoisotopic (exact) mass is 589 g/mol. The number of aliphatic hydroxyl groups is 1. The number of fused-ring (bicyclic) bond motifs is 3. The predicted molar refractivity (Wildman–Crippen MR) is 166 cm³/mol. The normalized spacial score (nSPS) is 48.5. The molecule has 234 valence electrons. The molecule has 0 radical (unpaired) electrons. The van der Waals surface area contributed by atoms with Crippen LogP contribution in [0, 0.1) is 52.3 Å². The van der Waals surface area contributed by atoms with Crippen LogP contribution >= 0.6 is 0 Å². The predicted octanol–water partition coefficient (Wildman–Crippen LogP) is 8.33. The molecule has 0 amide bonds. The van der Waals surface area contributed by atoms with Crippen molar-refractivity contribution in [2.24, 2.45) is 57.4 Å². The Morgan fingerprint density at radius 3 is 2.37 bits per heavy atom. The second-order valence-corrected chi connectivity index (χ2v) is 21.8. The van der Waals surface area contributed by atoms with Crippen LogP contribution in [-0.4, -0.2) is 51.2 Å². The summed E-state index contributed by atoms with van der Waals surface area (Å²) >= 11 is 0. The van der Waals surface area contributed by atoms with Crippen LogP contribution in [-0.2, 0) is 13.9 Å². The molecule has 3 aliphatic carbocycles. The fourth-order valence-corrected chi connectivity index (χ4v) is 11.2. The van der Waals surface area contributed by atoms with Gasteiger partial charge in [-0.1, -0.05) is 53.6 Å². The third-order valence-electron chi connectivity index (χ3n) is 13.9. The van der Waals surface area contributed by atoms with Crippen LogP contribution < -0.4 is 0 Å². The first-order chi connectivity index (χ1) is 19.1. The van der Waals surface area contributed by atoms with E-state index < -0.39 is 14.1 Å². The van der Waals surface area contributed by atoms with E-state index in [1.807, 2.05) is 0 Å². The Morgan fingerprint density at radius 1 is 1.02 bits per heavy atom. The van der Waals surface area contributed by atoms with Crippen LogP contribution in [0.1, 0.15) is 99.8 Å². The maximum absolute atomic E-state index is 10.8. The fraction of sp³-hybridized carbons (Fsp3) is 1.00. The summed E-state index contributed by atoms with van der Waals surface area (Å²) in [5.74, 6) is 2.59. The van der Waals surface area contributed by atoms with E-state index in [-0.39, 0.29) is 28.1 Å². The molecule has 12 atom stereocenters. The number of aliphatic hydroxyl groups excluding tert-OH is 1. The van der Waals surface area contributed by atoms with Crippen molar-refractivity contribution >= 4 is 8.32 Å². The highest BCUT2D eigenvalue weighted by atomic mass is 28.4. The summed E-state index contributed by atoms with van der Waals surface area (Å²) < 4.78 is 20.3. The van der Waals surface area contributed by atoms with Gasteiger partial charge in [0.2, 0.25) is 0 Å². The topological polar surface area (TPSA) is 96.7 Å². The number of nitrogens with zero attached hydrogens (tertiary/aromatic N) is 3. The lowest BCUT2D eigenvalue weighted by Crippen LogP contribution is -2.54. The third-order valence-corrected chi connectivity index (χ3v) is 18.4. The molecule has 1 unspecified atom stereocenters. The first kappa shape index (κ1) is 31.8. The minimum atomic E-state index is -1.92. The second kappa shape index (κ2) is 11.1. The van der Waals surface area contributed by atoms with Crippen molar-refractivity contribution in [3.05, 3.63) is 10.4 Å². The highest BCUT2D eigenvalue weighted by Crippen LogP contribution is 2.69. The molecule has 1 spiro atoms. The van der Waals surface area contributed by atoms with Crippen molar-refractivity contribution in [2.75, 3.05) is 19.8 Å². The molecule has 0 aromatic heterocycles. The van der Waals surface area contributed by atoms with Crippen LogP contribution in [0.15, 0.2) is 5.11 Å². The van der Waals surface area contributed by atoms with Crippen molar-refractivity contribution in [1.29, 1.82) is 0 Å². The molecule has 0 aromatic rings. The molecule has 8 heteroatoms. The minimum absolute atomic E-state index is 0.0482. The molecule has 0 bridgehead atoms. The van der Waals surface area contributed by atoms with Gasteiger partial charge in [-0.05, 0) is 115 Å². The highest BCUT2D eigenvalue weighted by molar-refractivity contribution is 6.74. The lowest BCUT2D eigenvalue weighted by molar-refractivity contribution is -0.272. The average molecular weight is 590 g/mol. The maximum atomic E-state index is 10.8. The summed E-state index contributed by atoms with van der Waals surface area (Å²) in [5.41, 5.74) is 9.66. The van der Waals surface area contributed by atoms with E-state index >= 15 is 0 Å². The Morgan fingerprint density at radius 2 is 1.73 bits per heavy atom. The van der Waals surface area contributed by atoms with Gasteiger partial charge in [0.1, 0.15) is 0 Å². The summed E-state index contributed by atoms with van der Waals surface area (Å²) in [6.45, 7) is 23.3. The van der Waals surface area contributed by atoms with Gasteiger partial charge in [0.15, 0.2) is 14.1 Å². The van der Waals surface area contributed by atoms with E-state index in [1.54, 1.807) is 0 Å². The lowest BCUT2D eigenvalue weighted by Gasteiger charge is -2.58. The zero-order valence-corrected chi connectivity index (χ0v) is 28.5. The van der Waals surface area contributed by atoms with Gasteiger partial charge in [-0.2, -0.15) is 0 Å². The van der Waals surface area contributed by atoms with Crippen LogP contribution in [0.2, 0.25) is 18.1 Å². The van der Waals surface area contributed by atoms with Crippen molar-refractivity contribution in [3.8, 4) is 0 Å². The Kier molecular flexibility index (Phi) is 8.58. The minimum Gasteiger partial charge on any atom is -0.417 e. The summed E-state index contributed by atoms with van der Waals surface area (Å²) in [5, 5.41) is 15.3. The quantitative estimate of drug-likeness (QED) is 0.146. The molecular formula is C33H59N3O4Si. The molecule has 2 heterocycles. The van der Waals surface area contributed by atoms with E-state index in [4.69, 9.17) is 13.9 Å². The van der Waals surface area contributed by atoms with Gasteiger partial charge in [0.05, 0.1) is 18.8 Å². The number of hydrogen-bond donors (Lipinski definition) is 1. The second-order valence-electron chi connectivity index (χ2n) is 17.0. The molecule has 2 saturated heterocycles. The largest absolute Gasteiger partial charge is 0.417 e. The van der Waals surface area contributed by atoms with Crippen LogP contribution in [0.5, 0.6) is 0 Å². The Bertz CT molecular complexity index is 1000. The van der Waals surface area contributed by atoms with Gasteiger partial charge < -0.3 is 19.0 Å². The number of ether oxygens (including phenoxy) is 2. The maximum Gasteiger partial charge on any atom is 0.191 e. The molecule has 0 aromatic carbocycles. The summed E-state index contributed by atoms with van der Waals surface area (Å²) in [4.78, 5) is 3.27. The average Bonchev–Trinajstić information content (AvgIpc) is 3.34. The van der Waals surface area contributed by atoms with Gasteiger partial charge in [0.25, 0.3) is 0 Å². The van der Waals surface area contributed by atoms with Gasteiger partial charge in [-0.15, -0.1) is 0 Å². The smallest absolute Gasteiger partial charge is 0.191 e. The fourth-order valence-electron chi connectivity index (χ4n) is 10.2. The van der Waals surface area contributed by atoms with Crippen molar-refractivity contribution in [3.63, 3.8) is 0 Å². The first-order valence-corrected chi connectivity index (χ1v) is 19.6. The van der Waals surface area contributed by atoms with Crippen molar-refractivity contribution < 1.29 is 19.0 Å². The molecule has 5 fully saturated rings. The summed E-state index contributed by atoms with van der Waals surface area (Å²) in [7, 11) is -1.92. The Hall–Kier alpha value is -0.633. The molecule has 1 N–H and O–H groups in total. The zero-order chi connectivity index (χ0) is 30.0. The zero-order valence-electron chi connectivity index (χ0n) is 27.5. The number of rotatable bonds is 6. The van der Waals surface area contributed by atoms with E-state index in [0.717, 1.165) is 51.7 Å². The summed E-state index contributed by atoms with van der Waals surface area (Å²) in [6.07, 6.45) is 8.18. The summed E-state index contributed by atoms with van der Waals surface area (Å²) in [6, 6.07) is 0. The molecule has 5 aliphatic rings. The SMILES string of the molecule is CC1CC[C@@]2(OC1)O[C@H]1C[C@H]3[C@H](CN=[N+]=[N-])[C@@H]([C@@]4(C)CC[C@H](O)C[C@@H]4CO[Si](C)(C)C(C)(C)C)CC[C@]3(C)[C@H]1[C@@H]2C. The molecule has 5 rings (SSSR count). The van der Waals surface area contributed by atoms with E-state index in [0.29, 0.717) is 48.0 Å². The van der Waals surface area contributed by atoms with Crippen LogP contribution in [0.4, 0.5) is 0 Å². The lowest BCUT2D eigenvalue weighted by atomic mass is 9.48. The van der Waals surface area contributed by atoms with Crippen LogP contribution in [0.25, 0.3) is 10.4 Å². The standard InChI is InChI=1S/C33H59N3O4Si/c1-21-10-15-33(38-19-21)22(2)29-28(40-33)17-27-25(18-35-36-34)26(12-14-32(27,29)7)31(6)13-11-24(37)16-23(31)20-39-41(8,9)30(3,4)5/h21-29,37H,10-20H2,1-9H3/t21?,22-,23+,24-,25+,26-,27-,28-,29-,31-,32-,33+/m0/s1. The first-order valence-electron chi connectivity index (χ1n) is 16.7. The van der Waals surface area contributed by atoms with E-state index in [9.17, 15) is 10.6 Å². The van der Waals surface area contributed by atoms with Gasteiger partial charge in [0, 0.05) is 30.4 Å². The van der Waals surface area contributed by atoms with Crippen molar-refractivity contribution in [1.82, 2.24) is 0 Å². The highest BCUT2D eigenvalue weighted by Gasteiger charge is 2.68. The Labute approximate surface area is 250 Å². The molecule has 3 saturated carbocycles. The van der Waals surface area contributed by atoms with E-state index in [1.165, 1.54) is 12.8 Å². The van der Waals surface area contributed by atoms with Gasteiger partial charge in [-0.3, -0.25) is 0 Å². The molecule has 2 aliphatic heterocycles. The third kappa shape index (κ3) is 5.35. The van der Waals surface area contributed by atoms with Crippen LogP contribution in [0.3, 0.4) is 0 Å². The molecule has 7 nitrogen and oxygen atoms in total. The molecule has 41 heavy (non-hydrogen) atoms. The van der Waals surface area contributed by atoms with Gasteiger partial charge in [-0.25, -0.2) is 0 Å². The Balaban J connectivity index is 1.41. The van der Waals surface area contributed by atoms with Crippen molar-refractivity contribution in [2.45, 2.75) is 136 Å². The number of hydrogen-bond acceptors (Lipinski definition) is 5. The molecular weight excluding hydrogens is 530 g/mol. The van der Waals surface area contributed by atoms with Gasteiger partial charge >= 0.3 is 0 Å². The van der Waals surface area contributed by atoms with E-state index in [2.05, 4.69) is 71.6 Å². The number of azide groups is 1.